The molecule has 28 heavy (non-hydrogen) atoms. The van der Waals surface area contributed by atoms with Crippen molar-refractivity contribution in [3.05, 3.63) is 24.2 Å². The summed E-state index contributed by atoms with van der Waals surface area (Å²) < 4.78 is 10.9. The van der Waals surface area contributed by atoms with Crippen LogP contribution in [0.15, 0.2) is 22.8 Å². The summed E-state index contributed by atoms with van der Waals surface area (Å²) >= 11 is 0. The van der Waals surface area contributed by atoms with E-state index in [1.807, 2.05) is 26.0 Å². The first kappa shape index (κ1) is 22.3. The summed E-state index contributed by atoms with van der Waals surface area (Å²) in [5, 5.41) is 5.71. The SMILES string of the molecule is CC(C)C(NC(=O)OC(C)(C)C)C(=O)NCC(c1ccco1)N1CCCCC1. The fraction of sp³-hybridized carbons (Fsp3) is 0.714. The molecule has 1 aliphatic rings. The molecule has 2 N–H and O–H groups in total. The lowest BCUT2D eigenvalue weighted by molar-refractivity contribution is -0.124. The van der Waals surface area contributed by atoms with Crippen molar-refractivity contribution in [2.75, 3.05) is 19.6 Å². The molecule has 0 spiro atoms. The number of hydrogen-bond donors (Lipinski definition) is 2. The van der Waals surface area contributed by atoms with Gasteiger partial charge in [-0.15, -0.1) is 0 Å². The summed E-state index contributed by atoms with van der Waals surface area (Å²) in [6.07, 6.45) is 4.62. The van der Waals surface area contributed by atoms with E-state index in [-0.39, 0.29) is 17.9 Å². The molecule has 1 saturated heterocycles. The third-order valence-electron chi connectivity index (χ3n) is 4.79. The molecule has 1 aliphatic heterocycles. The maximum atomic E-state index is 12.8. The number of amides is 2. The fourth-order valence-electron chi connectivity index (χ4n) is 3.40. The van der Waals surface area contributed by atoms with Gasteiger partial charge in [-0.05, 0) is 64.8 Å². The predicted octanol–water partition coefficient (Wildman–Crippen LogP) is 3.47. The summed E-state index contributed by atoms with van der Waals surface area (Å²) in [4.78, 5) is 27.3. The van der Waals surface area contributed by atoms with Crippen LogP contribution in [0.2, 0.25) is 0 Å². The van der Waals surface area contributed by atoms with Crippen LogP contribution in [-0.4, -0.2) is 48.2 Å². The van der Waals surface area contributed by atoms with Crippen molar-refractivity contribution in [3.8, 4) is 0 Å². The van der Waals surface area contributed by atoms with Crippen molar-refractivity contribution in [1.29, 1.82) is 0 Å². The van der Waals surface area contributed by atoms with Crippen LogP contribution in [0.1, 0.15) is 65.7 Å². The van der Waals surface area contributed by atoms with Gasteiger partial charge < -0.3 is 19.8 Å². The zero-order chi connectivity index (χ0) is 20.7. The largest absolute Gasteiger partial charge is 0.468 e. The van der Waals surface area contributed by atoms with Gasteiger partial charge in [0, 0.05) is 6.54 Å². The Morgan fingerprint density at radius 1 is 1.21 bits per heavy atom. The summed E-state index contributed by atoms with van der Waals surface area (Å²) in [7, 11) is 0. The van der Waals surface area contributed by atoms with Crippen LogP contribution in [0.4, 0.5) is 4.79 Å². The van der Waals surface area contributed by atoms with E-state index in [1.54, 1.807) is 27.0 Å². The quantitative estimate of drug-likeness (QED) is 0.741. The van der Waals surface area contributed by atoms with E-state index in [0.29, 0.717) is 6.54 Å². The topological polar surface area (TPSA) is 83.8 Å². The second-order valence-electron chi connectivity index (χ2n) is 8.74. The molecule has 7 heteroatoms. The number of hydrogen-bond acceptors (Lipinski definition) is 5. The Balaban J connectivity index is 1.99. The number of carbonyl (C=O) groups is 2. The maximum absolute atomic E-state index is 12.8. The first-order chi connectivity index (χ1) is 13.2. The van der Waals surface area contributed by atoms with Crippen LogP contribution >= 0.6 is 0 Å². The lowest BCUT2D eigenvalue weighted by atomic mass is 10.0. The van der Waals surface area contributed by atoms with Gasteiger partial charge in [-0.3, -0.25) is 9.69 Å². The number of rotatable bonds is 7. The minimum atomic E-state index is -0.659. The van der Waals surface area contributed by atoms with Crippen LogP contribution in [0, 0.1) is 5.92 Å². The number of carbonyl (C=O) groups excluding carboxylic acids is 2. The first-order valence-electron chi connectivity index (χ1n) is 10.2. The van der Waals surface area contributed by atoms with E-state index >= 15 is 0 Å². The van der Waals surface area contributed by atoms with Gasteiger partial charge in [0.2, 0.25) is 5.91 Å². The minimum absolute atomic E-state index is 0.00594. The number of likely N-dealkylation sites (tertiary alicyclic amines) is 1. The van der Waals surface area contributed by atoms with Gasteiger partial charge in [-0.2, -0.15) is 0 Å². The summed E-state index contributed by atoms with van der Waals surface area (Å²) in [5.74, 6) is 0.572. The fourth-order valence-corrected chi connectivity index (χ4v) is 3.40. The molecule has 0 bridgehead atoms. The highest BCUT2D eigenvalue weighted by molar-refractivity contribution is 5.85. The number of furan rings is 1. The van der Waals surface area contributed by atoms with Crippen LogP contribution in [0.25, 0.3) is 0 Å². The van der Waals surface area contributed by atoms with E-state index < -0.39 is 17.7 Å². The van der Waals surface area contributed by atoms with Gasteiger partial charge in [0.25, 0.3) is 0 Å². The van der Waals surface area contributed by atoms with Gasteiger partial charge >= 0.3 is 6.09 Å². The van der Waals surface area contributed by atoms with E-state index in [4.69, 9.17) is 9.15 Å². The van der Waals surface area contributed by atoms with Crippen molar-refractivity contribution < 1.29 is 18.7 Å². The number of nitrogens with one attached hydrogen (secondary N) is 2. The smallest absolute Gasteiger partial charge is 0.408 e. The maximum Gasteiger partial charge on any atom is 0.408 e. The van der Waals surface area contributed by atoms with Crippen LogP contribution in [0.5, 0.6) is 0 Å². The van der Waals surface area contributed by atoms with E-state index in [0.717, 1.165) is 31.7 Å². The number of ether oxygens (including phenoxy) is 1. The molecule has 0 aliphatic carbocycles. The lowest BCUT2D eigenvalue weighted by Gasteiger charge is -2.34. The number of alkyl carbamates (subject to hydrolysis) is 1. The summed E-state index contributed by atoms with van der Waals surface area (Å²) in [6, 6.07) is 3.15. The molecule has 1 aromatic rings. The molecular weight excluding hydrogens is 358 g/mol. The Kier molecular flexibility index (Phi) is 7.92. The Hall–Kier alpha value is -2.02. The normalized spacial score (nSPS) is 17.8. The molecule has 0 aromatic carbocycles. The lowest BCUT2D eigenvalue weighted by Crippen LogP contribution is -2.52. The third kappa shape index (κ3) is 6.86. The molecule has 1 fully saturated rings. The molecule has 2 atom stereocenters. The Morgan fingerprint density at radius 2 is 1.89 bits per heavy atom. The Bertz CT molecular complexity index is 616. The van der Waals surface area contributed by atoms with Crippen LogP contribution < -0.4 is 10.6 Å². The van der Waals surface area contributed by atoms with Gasteiger partial charge in [0.05, 0.1) is 12.3 Å². The van der Waals surface area contributed by atoms with Gasteiger partial charge in [0.15, 0.2) is 0 Å². The van der Waals surface area contributed by atoms with Crippen molar-refractivity contribution in [3.63, 3.8) is 0 Å². The van der Waals surface area contributed by atoms with Gasteiger partial charge in [-0.25, -0.2) is 4.79 Å². The highest BCUT2D eigenvalue weighted by Gasteiger charge is 2.29. The summed E-state index contributed by atoms with van der Waals surface area (Å²) in [5.41, 5.74) is -0.610. The molecule has 2 unspecified atom stereocenters. The second-order valence-corrected chi connectivity index (χ2v) is 8.74. The molecule has 7 nitrogen and oxygen atoms in total. The molecular formula is C21H35N3O4. The molecule has 2 amide bonds. The molecule has 0 radical (unpaired) electrons. The first-order valence-corrected chi connectivity index (χ1v) is 10.2. The molecule has 158 valence electrons. The zero-order valence-corrected chi connectivity index (χ0v) is 17.8. The predicted molar refractivity (Wildman–Crippen MR) is 108 cm³/mol. The average Bonchev–Trinajstić information content (AvgIpc) is 3.13. The number of nitrogens with zero attached hydrogens (tertiary/aromatic N) is 1. The van der Waals surface area contributed by atoms with Crippen molar-refractivity contribution in [1.82, 2.24) is 15.5 Å². The van der Waals surface area contributed by atoms with Gasteiger partial charge in [-0.1, -0.05) is 20.3 Å². The van der Waals surface area contributed by atoms with E-state index in [1.165, 1.54) is 6.42 Å². The zero-order valence-electron chi connectivity index (χ0n) is 17.8. The second kappa shape index (κ2) is 9.96. The van der Waals surface area contributed by atoms with Crippen molar-refractivity contribution >= 4 is 12.0 Å². The van der Waals surface area contributed by atoms with Crippen molar-refractivity contribution in [2.24, 2.45) is 5.92 Å². The highest BCUT2D eigenvalue weighted by atomic mass is 16.6. The van der Waals surface area contributed by atoms with Gasteiger partial charge in [0.1, 0.15) is 17.4 Å². The Morgan fingerprint density at radius 3 is 2.43 bits per heavy atom. The standard InChI is InChI=1S/C21H35N3O4/c1-15(2)18(23-20(26)28-21(3,4)5)19(25)22-14-16(17-10-9-13-27-17)24-11-7-6-8-12-24/h9-10,13,15-16,18H,6-8,11-12,14H2,1-5H3,(H,22,25)(H,23,26). The molecule has 2 heterocycles. The van der Waals surface area contributed by atoms with Crippen LogP contribution in [-0.2, 0) is 9.53 Å². The van der Waals surface area contributed by atoms with Crippen molar-refractivity contribution in [2.45, 2.75) is 71.6 Å². The van der Waals surface area contributed by atoms with Crippen LogP contribution in [0.3, 0.4) is 0 Å². The van der Waals surface area contributed by atoms with E-state index in [2.05, 4.69) is 15.5 Å². The molecule has 2 rings (SSSR count). The minimum Gasteiger partial charge on any atom is -0.468 e. The van der Waals surface area contributed by atoms with E-state index in [9.17, 15) is 9.59 Å². The monoisotopic (exact) mass is 393 g/mol. The summed E-state index contributed by atoms with van der Waals surface area (Å²) in [6.45, 7) is 11.6. The third-order valence-corrected chi connectivity index (χ3v) is 4.79. The highest BCUT2D eigenvalue weighted by Crippen LogP contribution is 2.24. The molecule has 1 aromatic heterocycles. The number of piperidine rings is 1. The Labute approximate surface area is 168 Å². The average molecular weight is 394 g/mol. The molecule has 0 saturated carbocycles.